The first-order valence-corrected chi connectivity index (χ1v) is 9.46. The summed E-state index contributed by atoms with van der Waals surface area (Å²) in [7, 11) is 3.40. The van der Waals surface area contributed by atoms with Gasteiger partial charge in [-0.15, -0.1) is 0 Å². The predicted molar refractivity (Wildman–Crippen MR) is 109 cm³/mol. The third-order valence-electron chi connectivity index (χ3n) is 4.21. The van der Waals surface area contributed by atoms with E-state index < -0.39 is 0 Å². The maximum Gasteiger partial charge on any atom is 0.253 e. The monoisotopic (exact) mass is 412 g/mol. The molecule has 0 radical (unpaired) electrons. The molecule has 0 aliphatic rings. The van der Waals surface area contributed by atoms with Gasteiger partial charge in [-0.2, -0.15) is 4.98 Å². The largest absolute Gasteiger partial charge is 0.352 e. The zero-order valence-electron chi connectivity index (χ0n) is 16.2. The van der Waals surface area contributed by atoms with Gasteiger partial charge in [0.25, 0.3) is 5.91 Å². The summed E-state index contributed by atoms with van der Waals surface area (Å²) in [5, 5.41) is 7.40. The fraction of sp³-hybridized carbons (Fsp3) is 0.238. The van der Waals surface area contributed by atoms with Crippen molar-refractivity contribution >= 4 is 23.4 Å². The van der Waals surface area contributed by atoms with Gasteiger partial charge in [0.2, 0.25) is 17.6 Å². The Balaban J connectivity index is 1.50. The first kappa shape index (κ1) is 20.5. The van der Waals surface area contributed by atoms with Crippen LogP contribution in [0.4, 0.5) is 0 Å². The van der Waals surface area contributed by atoms with Crippen LogP contribution in [0.2, 0.25) is 5.02 Å². The molecule has 2 amide bonds. The Labute approximate surface area is 173 Å². The van der Waals surface area contributed by atoms with Gasteiger partial charge in [0.05, 0.1) is 0 Å². The van der Waals surface area contributed by atoms with Gasteiger partial charge < -0.3 is 14.7 Å². The van der Waals surface area contributed by atoms with E-state index in [0.29, 0.717) is 35.3 Å². The number of rotatable bonds is 7. The number of hydrogen-bond donors (Lipinski definition) is 1. The summed E-state index contributed by atoms with van der Waals surface area (Å²) < 4.78 is 5.21. The standard InChI is InChI=1S/C21H21ClN4O3/c1-26(2)21(28)16-5-3-4-14(12-16)13-23-18(27)10-11-19-24-20(25-29-19)15-6-8-17(22)9-7-15/h3-9,12H,10-11,13H2,1-2H3,(H,23,27). The van der Waals surface area contributed by atoms with Crippen molar-refractivity contribution in [3.8, 4) is 11.4 Å². The molecule has 150 valence electrons. The average molecular weight is 413 g/mol. The summed E-state index contributed by atoms with van der Waals surface area (Å²) in [5.74, 6) is 0.634. The molecule has 0 bridgehead atoms. The number of nitrogens with one attached hydrogen (secondary N) is 1. The van der Waals surface area contributed by atoms with Gasteiger partial charge in [0.15, 0.2) is 0 Å². The van der Waals surface area contributed by atoms with Crippen molar-refractivity contribution < 1.29 is 14.1 Å². The zero-order chi connectivity index (χ0) is 20.8. The summed E-state index contributed by atoms with van der Waals surface area (Å²) in [4.78, 5) is 30.0. The number of halogens is 1. The SMILES string of the molecule is CN(C)C(=O)c1cccc(CNC(=O)CCc2nc(-c3ccc(Cl)cc3)no2)c1. The van der Waals surface area contributed by atoms with Gasteiger partial charge in [0, 0.05) is 49.6 Å². The lowest BCUT2D eigenvalue weighted by Crippen LogP contribution is -2.24. The third-order valence-corrected chi connectivity index (χ3v) is 4.46. The van der Waals surface area contributed by atoms with Gasteiger partial charge in [-0.05, 0) is 42.0 Å². The van der Waals surface area contributed by atoms with Crippen molar-refractivity contribution in [2.75, 3.05) is 14.1 Å². The second-order valence-electron chi connectivity index (χ2n) is 6.70. The van der Waals surface area contributed by atoms with Crippen LogP contribution in [0.25, 0.3) is 11.4 Å². The lowest BCUT2D eigenvalue weighted by molar-refractivity contribution is -0.121. The van der Waals surface area contributed by atoms with Crippen LogP contribution in [-0.2, 0) is 17.8 Å². The van der Waals surface area contributed by atoms with Gasteiger partial charge in [-0.25, -0.2) is 0 Å². The molecule has 7 nitrogen and oxygen atoms in total. The van der Waals surface area contributed by atoms with E-state index in [0.717, 1.165) is 11.1 Å². The van der Waals surface area contributed by atoms with E-state index in [1.807, 2.05) is 6.07 Å². The van der Waals surface area contributed by atoms with Crippen molar-refractivity contribution in [1.82, 2.24) is 20.4 Å². The zero-order valence-corrected chi connectivity index (χ0v) is 16.9. The predicted octanol–water partition coefficient (Wildman–Crippen LogP) is 3.34. The van der Waals surface area contributed by atoms with E-state index in [4.69, 9.17) is 16.1 Å². The summed E-state index contributed by atoms with van der Waals surface area (Å²) in [6.45, 7) is 0.341. The molecule has 3 rings (SSSR count). The number of carbonyl (C=O) groups is 2. The van der Waals surface area contributed by atoms with Crippen LogP contribution in [0.15, 0.2) is 53.1 Å². The Hall–Kier alpha value is -3.19. The Morgan fingerprint density at radius 2 is 1.90 bits per heavy atom. The first-order valence-electron chi connectivity index (χ1n) is 9.08. The maximum absolute atomic E-state index is 12.1. The van der Waals surface area contributed by atoms with E-state index >= 15 is 0 Å². The number of aryl methyl sites for hydroxylation is 1. The van der Waals surface area contributed by atoms with Crippen molar-refractivity contribution in [3.05, 3.63) is 70.6 Å². The number of carbonyl (C=O) groups excluding carboxylic acids is 2. The summed E-state index contributed by atoms with van der Waals surface area (Å²) >= 11 is 5.87. The topological polar surface area (TPSA) is 88.3 Å². The lowest BCUT2D eigenvalue weighted by atomic mass is 10.1. The average Bonchev–Trinajstić information content (AvgIpc) is 3.20. The molecule has 8 heteroatoms. The van der Waals surface area contributed by atoms with Gasteiger partial charge in [-0.1, -0.05) is 28.9 Å². The van der Waals surface area contributed by atoms with Gasteiger partial charge in [0.1, 0.15) is 0 Å². The molecule has 2 aromatic carbocycles. The second-order valence-corrected chi connectivity index (χ2v) is 7.13. The van der Waals surface area contributed by atoms with E-state index in [2.05, 4.69) is 15.5 Å². The fourth-order valence-electron chi connectivity index (χ4n) is 2.65. The molecule has 0 atom stereocenters. The molecular formula is C21H21ClN4O3. The third kappa shape index (κ3) is 5.65. The highest BCUT2D eigenvalue weighted by molar-refractivity contribution is 6.30. The molecule has 0 saturated heterocycles. The van der Waals surface area contributed by atoms with Crippen LogP contribution in [-0.4, -0.2) is 41.0 Å². The number of amides is 2. The van der Waals surface area contributed by atoms with Gasteiger partial charge >= 0.3 is 0 Å². The van der Waals surface area contributed by atoms with Crippen molar-refractivity contribution in [2.45, 2.75) is 19.4 Å². The molecular weight excluding hydrogens is 392 g/mol. The van der Waals surface area contributed by atoms with Crippen LogP contribution in [0.5, 0.6) is 0 Å². The van der Waals surface area contributed by atoms with Crippen LogP contribution < -0.4 is 5.32 Å². The summed E-state index contributed by atoms with van der Waals surface area (Å²) in [6.07, 6.45) is 0.560. The van der Waals surface area contributed by atoms with Crippen LogP contribution in [0.3, 0.4) is 0 Å². The van der Waals surface area contributed by atoms with E-state index in [1.54, 1.807) is 56.6 Å². The van der Waals surface area contributed by atoms with Crippen molar-refractivity contribution in [2.24, 2.45) is 0 Å². The lowest BCUT2D eigenvalue weighted by Gasteiger charge is -2.11. The smallest absolute Gasteiger partial charge is 0.253 e. The minimum absolute atomic E-state index is 0.0777. The Bertz CT molecular complexity index is 999. The molecule has 0 aliphatic heterocycles. The van der Waals surface area contributed by atoms with Gasteiger partial charge in [-0.3, -0.25) is 9.59 Å². The molecule has 29 heavy (non-hydrogen) atoms. The molecule has 1 aromatic heterocycles. The Morgan fingerprint density at radius 1 is 1.14 bits per heavy atom. The number of aromatic nitrogens is 2. The molecule has 0 aliphatic carbocycles. The Morgan fingerprint density at radius 3 is 2.62 bits per heavy atom. The van der Waals surface area contributed by atoms with E-state index in [1.165, 1.54) is 4.90 Å². The second kappa shape index (κ2) is 9.34. The number of nitrogens with zero attached hydrogens (tertiary/aromatic N) is 3. The highest BCUT2D eigenvalue weighted by Crippen LogP contribution is 2.19. The quantitative estimate of drug-likeness (QED) is 0.643. The number of hydrogen-bond acceptors (Lipinski definition) is 5. The number of benzene rings is 2. The van der Waals surface area contributed by atoms with Crippen LogP contribution in [0.1, 0.15) is 28.2 Å². The van der Waals surface area contributed by atoms with Crippen LogP contribution in [0, 0.1) is 0 Å². The molecule has 0 unspecified atom stereocenters. The highest BCUT2D eigenvalue weighted by atomic mass is 35.5. The molecule has 0 saturated carbocycles. The molecule has 0 spiro atoms. The summed E-state index contributed by atoms with van der Waals surface area (Å²) in [6, 6.07) is 14.3. The Kier molecular flexibility index (Phi) is 6.61. The fourth-order valence-corrected chi connectivity index (χ4v) is 2.78. The van der Waals surface area contributed by atoms with Crippen LogP contribution >= 0.6 is 11.6 Å². The minimum Gasteiger partial charge on any atom is -0.352 e. The normalized spacial score (nSPS) is 10.6. The molecule has 3 aromatic rings. The van der Waals surface area contributed by atoms with E-state index in [9.17, 15) is 9.59 Å². The molecule has 1 heterocycles. The minimum atomic E-state index is -0.138. The van der Waals surface area contributed by atoms with E-state index in [-0.39, 0.29) is 18.2 Å². The maximum atomic E-state index is 12.1. The first-order chi connectivity index (χ1) is 13.9. The molecule has 0 fully saturated rings. The van der Waals surface area contributed by atoms with Crippen molar-refractivity contribution in [1.29, 1.82) is 0 Å². The molecule has 1 N–H and O–H groups in total. The highest BCUT2D eigenvalue weighted by Gasteiger charge is 2.12. The summed E-state index contributed by atoms with van der Waals surface area (Å²) in [5.41, 5.74) is 2.23. The van der Waals surface area contributed by atoms with Crippen molar-refractivity contribution in [3.63, 3.8) is 0 Å².